The monoisotopic (exact) mass is 334 g/mol. The molecule has 1 aromatic carbocycles. The standard InChI is InChI=1S/C12H16N2O2.C2HF3O2/c15-12(10-5-2-1-3-6-10)14-16-11-7-4-8-13-9-11;3-2(4,5)1(6)7/h1-3,5-6,11,13H,4,7-9H2,(H,14,15);(H,6,7). The number of carboxylic acids is 1. The number of benzene rings is 1. The molecule has 0 spiro atoms. The second-order valence-corrected chi connectivity index (χ2v) is 4.69. The van der Waals surface area contributed by atoms with E-state index in [1.165, 1.54) is 0 Å². The summed E-state index contributed by atoms with van der Waals surface area (Å²) in [5.41, 5.74) is 3.11. The lowest BCUT2D eigenvalue weighted by atomic mass is 10.1. The van der Waals surface area contributed by atoms with Crippen molar-refractivity contribution in [3.8, 4) is 0 Å². The molecule has 1 amide bonds. The number of hydroxylamine groups is 1. The number of rotatable bonds is 3. The van der Waals surface area contributed by atoms with Gasteiger partial charge in [0.1, 0.15) is 0 Å². The Morgan fingerprint density at radius 2 is 1.87 bits per heavy atom. The third-order valence-corrected chi connectivity index (χ3v) is 2.85. The lowest BCUT2D eigenvalue weighted by Gasteiger charge is -2.22. The van der Waals surface area contributed by atoms with Crippen LogP contribution in [0.5, 0.6) is 0 Å². The summed E-state index contributed by atoms with van der Waals surface area (Å²) < 4.78 is 31.7. The fourth-order valence-electron chi connectivity index (χ4n) is 1.71. The fraction of sp³-hybridized carbons (Fsp3) is 0.429. The van der Waals surface area contributed by atoms with Gasteiger partial charge in [-0.25, -0.2) is 10.3 Å². The largest absolute Gasteiger partial charge is 0.490 e. The quantitative estimate of drug-likeness (QED) is 0.733. The molecule has 128 valence electrons. The summed E-state index contributed by atoms with van der Waals surface area (Å²) in [5.74, 6) is -2.95. The van der Waals surface area contributed by atoms with Crippen LogP contribution < -0.4 is 10.8 Å². The Kier molecular flexibility index (Phi) is 7.49. The van der Waals surface area contributed by atoms with E-state index in [0.29, 0.717) is 5.56 Å². The van der Waals surface area contributed by atoms with Crippen molar-refractivity contribution in [2.45, 2.75) is 25.1 Å². The van der Waals surface area contributed by atoms with Crippen molar-refractivity contribution in [3.05, 3.63) is 35.9 Å². The maximum atomic E-state index is 11.6. The van der Waals surface area contributed by atoms with E-state index in [-0.39, 0.29) is 12.0 Å². The maximum absolute atomic E-state index is 11.6. The highest BCUT2D eigenvalue weighted by molar-refractivity contribution is 5.93. The molecule has 1 fully saturated rings. The molecule has 0 bridgehead atoms. The van der Waals surface area contributed by atoms with Crippen LogP contribution in [0.1, 0.15) is 23.2 Å². The second kappa shape index (κ2) is 9.11. The van der Waals surface area contributed by atoms with Gasteiger partial charge in [-0.15, -0.1) is 0 Å². The summed E-state index contributed by atoms with van der Waals surface area (Å²) in [6.45, 7) is 1.83. The topological polar surface area (TPSA) is 87.7 Å². The molecule has 1 atom stereocenters. The van der Waals surface area contributed by atoms with E-state index in [2.05, 4.69) is 10.8 Å². The van der Waals surface area contributed by atoms with Gasteiger partial charge in [0.15, 0.2) is 0 Å². The number of alkyl halides is 3. The zero-order valence-corrected chi connectivity index (χ0v) is 12.1. The zero-order valence-electron chi connectivity index (χ0n) is 12.1. The van der Waals surface area contributed by atoms with E-state index in [1.807, 2.05) is 18.2 Å². The van der Waals surface area contributed by atoms with Crippen molar-refractivity contribution in [2.24, 2.45) is 0 Å². The molecule has 0 radical (unpaired) electrons. The van der Waals surface area contributed by atoms with Crippen molar-refractivity contribution in [3.63, 3.8) is 0 Å². The zero-order chi connectivity index (χ0) is 17.3. The molecule has 1 saturated heterocycles. The van der Waals surface area contributed by atoms with E-state index >= 15 is 0 Å². The normalized spacial score (nSPS) is 17.6. The van der Waals surface area contributed by atoms with Crippen LogP contribution in [0.25, 0.3) is 0 Å². The van der Waals surface area contributed by atoms with Crippen LogP contribution in [0.15, 0.2) is 30.3 Å². The molecule has 23 heavy (non-hydrogen) atoms. The average Bonchev–Trinajstić information content (AvgIpc) is 2.54. The third-order valence-electron chi connectivity index (χ3n) is 2.85. The van der Waals surface area contributed by atoms with Crippen molar-refractivity contribution in [1.29, 1.82) is 0 Å². The minimum absolute atomic E-state index is 0.0846. The van der Waals surface area contributed by atoms with Gasteiger partial charge in [-0.05, 0) is 31.5 Å². The number of carbonyl (C=O) groups is 2. The van der Waals surface area contributed by atoms with Gasteiger partial charge in [0.05, 0.1) is 6.10 Å². The number of amides is 1. The minimum Gasteiger partial charge on any atom is -0.475 e. The molecule has 0 saturated carbocycles. The number of carboxylic acid groups (broad SMARTS) is 1. The number of hydrogen-bond acceptors (Lipinski definition) is 4. The van der Waals surface area contributed by atoms with E-state index in [0.717, 1.165) is 25.9 Å². The number of aliphatic carboxylic acids is 1. The Balaban J connectivity index is 0.000000322. The van der Waals surface area contributed by atoms with Crippen LogP contribution in [0.3, 0.4) is 0 Å². The summed E-state index contributed by atoms with van der Waals surface area (Å²) in [7, 11) is 0. The smallest absolute Gasteiger partial charge is 0.475 e. The number of hydrogen-bond donors (Lipinski definition) is 3. The minimum atomic E-state index is -5.08. The van der Waals surface area contributed by atoms with Gasteiger partial charge in [-0.3, -0.25) is 9.63 Å². The molecular weight excluding hydrogens is 317 g/mol. The van der Waals surface area contributed by atoms with Crippen LogP contribution in [0, 0.1) is 0 Å². The molecule has 1 unspecified atom stereocenters. The van der Waals surface area contributed by atoms with E-state index in [4.69, 9.17) is 14.7 Å². The van der Waals surface area contributed by atoms with Gasteiger partial charge in [-0.2, -0.15) is 13.2 Å². The molecular formula is C14H17F3N2O4. The van der Waals surface area contributed by atoms with Crippen LogP contribution in [-0.4, -0.2) is 42.4 Å². The van der Waals surface area contributed by atoms with Crippen molar-refractivity contribution in [1.82, 2.24) is 10.8 Å². The average molecular weight is 334 g/mol. The first-order valence-corrected chi connectivity index (χ1v) is 6.82. The second-order valence-electron chi connectivity index (χ2n) is 4.69. The first kappa shape index (κ1) is 18.9. The molecule has 1 heterocycles. The first-order valence-electron chi connectivity index (χ1n) is 6.82. The van der Waals surface area contributed by atoms with E-state index in [9.17, 15) is 18.0 Å². The Morgan fingerprint density at radius 3 is 2.35 bits per heavy atom. The Bertz CT molecular complexity index is 502. The van der Waals surface area contributed by atoms with Crippen molar-refractivity contribution in [2.75, 3.05) is 13.1 Å². The number of halogens is 3. The van der Waals surface area contributed by atoms with Gasteiger partial charge in [0, 0.05) is 12.1 Å². The van der Waals surface area contributed by atoms with Gasteiger partial charge >= 0.3 is 12.1 Å². The van der Waals surface area contributed by atoms with Crippen LogP contribution in [0.4, 0.5) is 13.2 Å². The van der Waals surface area contributed by atoms with Crippen LogP contribution in [-0.2, 0) is 9.63 Å². The predicted molar refractivity (Wildman–Crippen MR) is 74.6 cm³/mol. The molecule has 1 aliphatic heterocycles. The Morgan fingerprint density at radius 1 is 1.26 bits per heavy atom. The number of piperidine rings is 1. The lowest BCUT2D eigenvalue weighted by Crippen LogP contribution is -2.40. The van der Waals surface area contributed by atoms with Crippen LogP contribution in [0.2, 0.25) is 0 Å². The van der Waals surface area contributed by atoms with Crippen LogP contribution >= 0.6 is 0 Å². The molecule has 1 aromatic rings. The van der Waals surface area contributed by atoms with E-state index in [1.54, 1.807) is 12.1 Å². The molecule has 6 nitrogen and oxygen atoms in total. The summed E-state index contributed by atoms with van der Waals surface area (Å²) in [5, 5.41) is 10.3. The molecule has 1 aliphatic rings. The highest BCUT2D eigenvalue weighted by atomic mass is 19.4. The fourth-order valence-corrected chi connectivity index (χ4v) is 1.71. The number of nitrogens with one attached hydrogen (secondary N) is 2. The van der Waals surface area contributed by atoms with Gasteiger partial charge in [0.25, 0.3) is 5.91 Å². The molecule has 2 rings (SSSR count). The molecule has 9 heteroatoms. The lowest BCUT2D eigenvalue weighted by molar-refractivity contribution is -0.192. The van der Waals surface area contributed by atoms with Crippen molar-refractivity contribution < 1.29 is 32.7 Å². The van der Waals surface area contributed by atoms with Gasteiger partial charge in [-0.1, -0.05) is 18.2 Å². The molecule has 0 aliphatic carbocycles. The Hall–Kier alpha value is -2.13. The number of carbonyl (C=O) groups excluding carboxylic acids is 1. The molecule has 0 aromatic heterocycles. The summed E-state index contributed by atoms with van der Waals surface area (Å²) >= 11 is 0. The highest BCUT2D eigenvalue weighted by Crippen LogP contribution is 2.13. The third kappa shape index (κ3) is 7.61. The SMILES string of the molecule is O=C(NOC1CCCNC1)c1ccccc1.O=C(O)C(F)(F)F. The summed E-state index contributed by atoms with van der Waals surface area (Å²) in [6.07, 6.45) is -2.92. The van der Waals surface area contributed by atoms with Crippen molar-refractivity contribution >= 4 is 11.9 Å². The molecule has 3 N–H and O–H groups in total. The summed E-state index contributed by atoms with van der Waals surface area (Å²) in [6, 6.07) is 9.06. The van der Waals surface area contributed by atoms with Gasteiger partial charge < -0.3 is 10.4 Å². The summed E-state index contributed by atoms with van der Waals surface area (Å²) in [4.78, 5) is 25.9. The Labute approximate surface area is 130 Å². The maximum Gasteiger partial charge on any atom is 0.490 e. The van der Waals surface area contributed by atoms with Gasteiger partial charge in [0.2, 0.25) is 0 Å². The first-order chi connectivity index (χ1) is 10.8. The highest BCUT2D eigenvalue weighted by Gasteiger charge is 2.38. The van der Waals surface area contributed by atoms with E-state index < -0.39 is 12.1 Å². The predicted octanol–water partition coefficient (Wildman–Crippen LogP) is 1.73.